The number of carbonyl (C=O) groups excluding carboxylic acids is 4. The number of ether oxygens (including phenoxy) is 4. The lowest BCUT2D eigenvalue weighted by molar-refractivity contribution is -0.139. The average molecular weight is 1020 g/mol. The topological polar surface area (TPSA) is 193 Å². The number of ketones is 2. The van der Waals surface area contributed by atoms with Gasteiger partial charge in [-0.25, -0.2) is 27.6 Å². The van der Waals surface area contributed by atoms with Crippen LogP contribution in [0.1, 0.15) is 138 Å². The molecule has 2 amide bonds. The second kappa shape index (κ2) is 26.4. The number of nitrogens with two attached hydrogens (primary N) is 1. The summed E-state index contributed by atoms with van der Waals surface area (Å²) in [7, 11) is 0. The van der Waals surface area contributed by atoms with Gasteiger partial charge in [0.2, 0.25) is 0 Å². The zero-order valence-electron chi connectivity index (χ0n) is 43.2. The first-order valence-corrected chi connectivity index (χ1v) is 24.6. The van der Waals surface area contributed by atoms with Crippen molar-refractivity contribution in [2.24, 2.45) is 17.6 Å². The predicted octanol–water partition coefficient (Wildman–Crippen LogP) is 11.5. The lowest BCUT2D eigenvalue weighted by Gasteiger charge is -2.25. The Morgan fingerprint density at radius 3 is 1.28 bits per heavy atom. The maximum absolute atomic E-state index is 13.4. The summed E-state index contributed by atoms with van der Waals surface area (Å²) < 4.78 is 61.4. The van der Waals surface area contributed by atoms with Crippen LogP contribution in [-0.4, -0.2) is 59.2 Å². The van der Waals surface area contributed by atoms with Gasteiger partial charge in [-0.05, 0) is 144 Å². The van der Waals surface area contributed by atoms with Gasteiger partial charge in [-0.2, -0.15) is 0 Å². The number of benzene rings is 5. The molecule has 5 aromatic rings. The number of Topliss-reactive ketones (excluding diaryl/α,β-unsaturated/α-hetero) is 2. The van der Waals surface area contributed by atoms with E-state index in [0.717, 1.165) is 30.5 Å². The second-order valence-corrected chi connectivity index (χ2v) is 20.0. The number of rotatable bonds is 16. The van der Waals surface area contributed by atoms with Crippen molar-refractivity contribution < 1.29 is 61.2 Å². The molecule has 396 valence electrons. The molecule has 7 atom stereocenters. The Bertz CT molecular complexity index is 2670. The molecule has 0 aromatic heterocycles. The number of nitrogens with one attached hydrogen (secondary N) is 2. The standard InChI is InChI=1S/C25H30FNO4.C20H22FNO2.C13H16FNO4/c1-5-30-23-18(14-17-8-6-7-9-20(17)23)15-21(28)22(16-10-12-19(26)13-11-16)27-24(29)31-25(2,3)4;1-2-24-20-15(11-14-5-3-4-6-17(14)20)12-18(23)19(22)13-7-9-16(21)10-8-13;1-13(2,3)19-12(18)15-10(11(16)17)8-4-6-9(14)7-5-8/h6-13,18,22-23H,5,14-15H2,1-4H3,(H,27,29);3-10,15,19-20H,2,11-12,22H2,1H3;4-7,10H,1-3H3,(H,15,18)(H,16,17)/t18?,22-,23?;15?,19-,20?;10-/m000/s1. The minimum Gasteiger partial charge on any atom is -0.479 e. The number of carboxylic acid groups (broad SMARTS) is 1. The molecular formula is C58H68F3N3O10. The minimum atomic E-state index is -1.28. The van der Waals surface area contributed by atoms with Gasteiger partial charge in [0.05, 0.1) is 18.2 Å². The molecule has 0 aliphatic heterocycles. The quantitative estimate of drug-likeness (QED) is 0.0735. The van der Waals surface area contributed by atoms with E-state index in [9.17, 15) is 37.1 Å². The van der Waals surface area contributed by atoms with Crippen molar-refractivity contribution in [1.29, 1.82) is 0 Å². The molecule has 5 aromatic carbocycles. The Morgan fingerprint density at radius 2 is 0.905 bits per heavy atom. The third-order valence-corrected chi connectivity index (χ3v) is 12.0. The van der Waals surface area contributed by atoms with Gasteiger partial charge in [0, 0.05) is 37.9 Å². The number of fused-ring (bicyclic) bond motifs is 2. The molecule has 5 N–H and O–H groups in total. The molecule has 13 nitrogen and oxygen atoms in total. The van der Waals surface area contributed by atoms with Crippen LogP contribution in [0.15, 0.2) is 121 Å². The summed E-state index contributed by atoms with van der Waals surface area (Å²) in [5.41, 5.74) is 10.8. The van der Waals surface area contributed by atoms with Crippen LogP contribution in [0, 0.1) is 29.3 Å². The van der Waals surface area contributed by atoms with Gasteiger partial charge in [0.1, 0.15) is 34.7 Å². The fourth-order valence-corrected chi connectivity index (χ4v) is 8.87. The molecule has 0 fully saturated rings. The molecule has 0 saturated carbocycles. The largest absolute Gasteiger partial charge is 0.479 e. The van der Waals surface area contributed by atoms with Crippen molar-refractivity contribution in [3.63, 3.8) is 0 Å². The van der Waals surface area contributed by atoms with E-state index in [4.69, 9.17) is 29.8 Å². The Kier molecular flexibility index (Phi) is 20.7. The van der Waals surface area contributed by atoms with Crippen molar-refractivity contribution in [3.05, 3.63) is 178 Å². The number of carboxylic acids is 1. The van der Waals surface area contributed by atoms with E-state index in [1.54, 1.807) is 53.7 Å². The van der Waals surface area contributed by atoms with Crippen LogP contribution in [0.5, 0.6) is 0 Å². The Morgan fingerprint density at radius 1 is 0.554 bits per heavy atom. The summed E-state index contributed by atoms with van der Waals surface area (Å²) in [5, 5.41) is 14.0. The van der Waals surface area contributed by atoms with Crippen molar-refractivity contribution in [2.45, 2.75) is 123 Å². The van der Waals surface area contributed by atoms with E-state index in [-0.39, 0.29) is 53.4 Å². The van der Waals surface area contributed by atoms with Crippen LogP contribution in [0.3, 0.4) is 0 Å². The number of carbonyl (C=O) groups is 5. The molecule has 2 aliphatic carbocycles. The number of amides is 2. The molecule has 7 rings (SSSR count). The monoisotopic (exact) mass is 1020 g/mol. The highest BCUT2D eigenvalue weighted by atomic mass is 19.1. The first-order valence-electron chi connectivity index (χ1n) is 24.6. The Labute approximate surface area is 431 Å². The highest BCUT2D eigenvalue weighted by Crippen LogP contribution is 2.42. The summed E-state index contributed by atoms with van der Waals surface area (Å²) in [6.07, 6.45) is 0.374. The summed E-state index contributed by atoms with van der Waals surface area (Å²) in [6, 6.07) is 29.5. The number of hydrogen-bond acceptors (Lipinski definition) is 10. The van der Waals surface area contributed by atoms with E-state index >= 15 is 0 Å². The maximum Gasteiger partial charge on any atom is 0.408 e. The van der Waals surface area contributed by atoms with Gasteiger partial charge in [0.25, 0.3) is 0 Å². The maximum atomic E-state index is 13.4. The number of halogens is 3. The van der Waals surface area contributed by atoms with Crippen LogP contribution in [-0.2, 0) is 46.2 Å². The van der Waals surface area contributed by atoms with Gasteiger partial charge in [-0.15, -0.1) is 0 Å². The first kappa shape index (κ1) is 58.0. The van der Waals surface area contributed by atoms with E-state index in [1.807, 2.05) is 44.2 Å². The Balaban J connectivity index is 0.000000212. The molecule has 16 heteroatoms. The summed E-state index contributed by atoms with van der Waals surface area (Å²) in [5.74, 6) is -2.61. The van der Waals surface area contributed by atoms with Gasteiger partial charge in [-0.3, -0.25) is 9.59 Å². The van der Waals surface area contributed by atoms with Crippen molar-refractivity contribution in [3.8, 4) is 0 Å². The summed E-state index contributed by atoms with van der Waals surface area (Å²) in [4.78, 5) is 61.1. The third-order valence-electron chi connectivity index (χ3n) is 12.0. The van der Waals surface area contributed by atoms with E-state index in [2.05, 4.69) is 28.8 Å². The normalized spacial score (nSPS) is 17.8. The van der Waals surface area contributed by atoms with Crippen LogP contribution in [0.4, 0.5) is 22.8 Å². The van der Waals surface area contributed by atoms with E-state index in [1.165, 1.54) is 65.2 Å². The summed E-state index contributed by atoms with van der Waals surface area (Å²) >= 11 is 0. The van der Waals surface area contributed by atoms with Crippen molar-refractivity contribution in [2.75, 3.05) is 13.2 Å². The highest BCUT2D eigenvalue weighted by molar-refractivity contribution is 5.89. The first-order chi connectivity index (χ1) is 35.0. The molecule has 0 heterocycles. The number of hydrogen-bond donors (Lipinski definition) is 4. The average Bonchev–Trinajstić information content (AvgIpc) is 3.86. The Hall–Kier alpha value is -6.88. The van der Waals surface area contributed by atoms with Gasteiger partial charge in [0.15, 0.2) is 17.6 Å². The molecule has 4 unspecified atom stereocenters. The smallest absolute Gasteiger partial charge is 0.408 e. The number of aliphatic carboxylic acids is 1. The molecule has 2 aliphatic rings. The van der Waals surface area contributed by atoms with Crippen molar-refractivity contribution in [1.82, 2.24) is 10.6 Å². The molecule has 0 saturated heterocycles. The molecule has 0 spiro atoms. The second-order valence-electron chi connectivity index (χ2n) is 20.0. The van der Waals surface area contributed by atoms with E-state index in [0.29, 0.717) is 30.8 Å². The third kappa shape index (κ3) is 17.1. The fourth-order valence-electron chi connectivity index (χ4n) is 8.87. The lowest BCUT2D eigenvalue weighted by atomic mass is 9.91. The number of alkyl carbamates (subject to hydrolysis) is 2. The predicted molar refractivity (Wildman–Crippen MR) is 273 cm³/mol. The fraction of sp³-hybridized carbons (Fsp3) is 0.397. The minimum absolute atomic E-state index is 0.0340. The van der Waals surface area contributed by atoms with Crippen molar-refractivity contribution >= 4 is 29.7 Å². The van der Waals surface area contributed by atoms with Crippen LogP contribution in [0.25, 0.3) is 0 Å². The molecule has 0 bridgehead atoms. The van der Waals surface area contributed by atoms with Crippen LogP contribution in [0.2, 0.25) is 0 Å². The summed E-state index contributed by atoms with van der Waals surface area (Å²) in [6.45, 7) is 15.3. The highest BCUT2D eigenvalue weighted by Gasteiger charge is 2.38. The lowest BCUT2D eigenvalue weighted by Crippen LogP contribution is -2.38. The molecule has 0 radical (unpaired) electrons. The van der Waals surface area contributed by atoms with Crippen LogP contribution >= 0.6 is 0 Å². The zero-order valence-corrected chi connectivity index (χ0v) is 43.2. The zero-order chi connectivity index (χ0) is 54.3. The van der Waals surface area contributed by atoms with Crippen LogP contribution < -0.4 is 16.4 Å². The van der Waals surface area contributed by atoms with Gasteiger partial charge >= 0.3 is 18.2 Å². The molecule has 74 heavy (non-hydrogen) atoms. The van der Waals surface area contributed by atoms with Gasteiger partial charge in [-0.1, -0.05) is 84.9 Å². The van der Waals surface area contributed by atoms with Gasteiger partial charge < -0.3 is 40.4 Å². The van der Waals surface area contributed by atoms with E-state index < -0.39 is 59.1 Å². The SMILES string of the molecule is CC(C)(C)OC(=O)N[C@H](C(=O)O)c1ccc(F)cc1.CCOC1c2ccccc2CC1CC(=O)[C@@H](N)c1ccc(F)cc1.CCOC1c2ccccc2CC1CC(=O)[C@@H](NC(=O)OC(C)(C)C)c1ccc(F)cc1. The molecular weight excluding hydrogens is 956 g/mol.